The molecule has 0 radical (unpaired) electrons. The third-order valence-corrected chi connectivity index (χ3v) is 9.70. The van der Waals surface area contributed by atoms with Crippen LogP contribution in [-0.4, -0.2) is 76.9 Å². The number of phosphoric ester groups is 1. The first-order valence-corrected chi connectivity index (χ1v) is 22.6. The zero-order valence-corrected chi connectivity index (χ0v) is 35.3. The molecule has 0 heterocycles. The van der Waals surface area contributed by atoms with E-state index in [0.717, 1.165) is 31.6 Å². The number of esters is 2. The van der Waals surface area contributed by atoms with Crippen LogP contribution >= 0.6 is 7.82 Å². The molecule has 0 amide bonds. The third kappa shape index (κ3) is 38.5. The standard InChI is InChI=1S/C43H77O11P/c1-4-5-6-7-20-25-30-39(45)31-26-21-16-13-14-18-23-28-33-43(48)54-41(37-53-55(49,50)52-35-40(46)34-44)36-51-42(47)32-27-22-17-12-10-8-9-11-15-19-24-29-38(2)3/h14,16,18,20-21,25-26,31,38-41,44-46H,4-13,15,17,19,22-24,27-30,32-37H2,1-3H3,(H,49,50)/b18-14-,21-16-,25-20-,31-26+/t39-,40-,41+/m0/s1. The lowest BCUT2D eigenvalue weighted by atomic mass is 10.0. The van der Waals surface area contributed by atoms with Crippen molar-refractivity contribution in [3.63, 3.8) is 0 Å². The Bertz CT molecular complexity index is 1090. The Morgan fingerprint density at radius 3 is 1.93 bits per heavy atom. The lowest BCUT2D eigenvalue weighted by Crippen LogP contribution is -2.29. The molecule has 55 heavy (non-hydrogen) atoms. The van der Waals surface area contributed by atoms with E-state index in [9.17, 15) is 29.3 Å². The predicted octanol–water partition coefficient (Wildman–Crippen LogP) is 9.77. The minimum absolute atomic E-state index is 0.0760. The Morgan fingerprint density at radius 2 is 1.27 bits per heavy atom. The zero-order valence-electron chi connectivity index (χ0n) is 34.4. The fourth-order valence-corrected chi connectivity index (χ4v) is 6.22. The van der Waals surface area contributed by atoms with Crippen LogP contribution in [0, 0.1) is 5.92 Å². The average molecular weight is 801 g/mol. The highest BCUT2D eigenvalue weighted by Gasteiger charge is 2.27. The molecule has 0 aliphatic heterocycles. The number of aliphatic hydroxyl groups is 3. The Hall–Kier alpha value is -2.11. The van der Waals surface area contributed by atoms with E-state index < -0.39 is 57.9 Å². The van der Waals surface area contributed by atoms with Gasteiger partial charge in [-0.1, -0.05) is 153 Å². The van der Waals surface area contributed by atoms with E-state index in [4.69, 9.17) is 19.1 Å². The normalized spacial score (nSPS) is 15.1. The van der Waals surface area contributed by atoms with Crippen LogP contribution in [0.4, 0.5) is 0 Å². The highest BCUT2D eigenvalue weighted by Crippen LogP contribution is 2.43. The molecular weight excluding hydrogens is 723 g/mol. The number of unbranched alkanes of at least 4 members (excludes halogenated alkanes) is 14. The number of carbonyl (C=O) groups excluding carboxylic acids is 2. The van der Waals surface area contributed by atoms with Gasteiger partial charge in [0.05, 0.1) is 25.9 Å². The predicted molar refractivity (Wildman–Crippen MR) is 220 cm³/mol. The van der Waals surface area contributed by atoms with Crippen molar-refractivity contribution in [3.05, 3.63) is 48.6 Å². The van der Waals surface area contributed by atoms with E-state index in [2.05, 4.69) is 31.4 Å². The van der Waals surface area contributed by atoms with E-state index in [1.165, 1.54) is 70.6 Å². The van der Waals surface area contributed by atoms with Crippen LogP contribution in [0.25, 0.3) is 0 Å². The van der Waals surface area contributed by atoms with Gasteiger partial charge in [0.15, 0.2) is 6.10 Å². The Balaban J connectivity index is 4.49. The number of rotatable bonds is 38. The van der Waals surface area contributed by atoms with Gasteiger partial charge in [-0.3, -0.25) is 18.6 Å². The molecule has 0 aliphatic rings. The summed E-state index contributed by atoms with van der Waals surface area (Å²) in [6, 6.07) is 0. The first-order chi connectivity index (χ1) is 26.5. The van der Waals surface area contributed by atoms with Crippen LogP contribution in [-0.2, 0) is 32.7 Å². The second-order valence-corrected chi connectivity index (χ2v) is 16.1. The molecule has 0 rings (SSSR count). The van der Waals surface area contributed by atoms with Gasteiger partial charge in [-0.25, -0.2) is 4.57 Å². The molecule has 0 fully saturated rings. The second kappa shape index (κ2) is 37.5. The molecule has 12 heteroatoms. The van der Waals surface area contributed by atoms with Crippen molar-refractivity contribution in [2.24, 2.45) is 5.92 Å². The molecule has 0 aromatic rings. The summed E-state index contributed by atoms with van der Waals surface area (Å²) >= 11 is 0. The van der Waals surface area contributed by atoms with Gasteiger partial charge in [-0.05, 0) is 50.9 Å². The van der Waals surface area contributed by atoms with E-state index in [1.807, 2.05) is 36.5 Å². The van der Waals surface area contributed by atoms with Gasteiger partial charge < -0.3 is 29.7 Å². The van der Waals surface area contributed by atoms with Crippen molar-refractivity contribution in [1.29, 1.82) is 0 Å². The molecule has 0 spiro atoms. The van der Waals surface area contributed by atoms with E-state index >= 15 is 0 Å². The number of hydrogen-bond acceptors (Lipinski definition) is 10. The van der Waals surface area contributed by atoms with Crippen molar-refractivity contribution in [2.75, 3.05) is 26.4 Å². The second-order valence-electron chi connectivity index (χ2n) is 14.7. The van der Waals surface area contributed by atoms with Crippen molar-refractivity contribution in [2.45, 2.75) is 180 Å². The van der Waals surface area contributed by atoms with Gasteiger partial charge >= 0.3 is 19.8 Å². The molecule has 4 N–H and O–H groups in total. The molecule has 0 aromatic carbocycles. The maximum absolute atomic E-state index is 12.6. The van der Waals surface area contributed by atoms with E-state index in [1.54, 1.807) is 6.08 Å². The number of allylic oxidation sites excluding steroid dienone is 6. The van der Waals surface area contributed by atoms with Crippen molar-refractivity contribution < 1.29 is 52.9 Å². The van der Waals surface area contributed by atoms with Crippen LogP contribution in [0.15, 0.2) is 48.6 Å². The minimum atomic E-state index is -4.65. The summed E-state index contributed by atoms with van der Waals surface area (Å²) in [5, 5.41) is 28.3. The molecule has 1 unspecified atom stereocenters. The molecule has 0 aliphatic carbocycles. The summed E-state index contributed by atoms with van der Waals surface area (Å²) in [4.78, 5) is 34.9. The molecule has 0 aromatic heterocycles. The topological polar surface area (TPSA) is 169 Å². The van der Waals surface area contributed by atoms with Crippen molar-refractivity contribution in [1.82, 2.24) is 0 Å². The van der Waals surface area contributed by atoms with Crippen LogP contribution in [0.2, 0.25) is 0 Å². The Labute approximate surface area is 333 Å². The summed E-state index contributed by atoms with van der Waals surface area (Å²) < 4.78 is 32.6. The van der Waals surface area contributed by atoms with Gasteiger partial charge in [0.25, 0.3) is 0 Å². The first kappa shape index (κ1) is 52.9. The quantitative estimate of drug-likeness (QED) is 0.0154. The van der Waals surface area contributed by atoms with Crippen LogP contribution in [0.5, 0.6) is 0 Å². The maximum Gasteiger partial charge on any atom is 0.472 e. The maximum atomic E-state index is 12.6. The monoisotopic (exact) mass is 801 g/mol. The molecule has 0 saturated heterocycles. The lowest BCUT2D eigenvalue weighted by molar-refractivity contribution is -0.161. The number of phosphoric acid groups is 1. The van der Waals surface area contributed by atoms with Gasteiger partial charge in [0.1, 0.15) is 12.7 Å². The first-order valence-electron chi connectivity index (χ1n) is 21.1. The molecule has 0 saturated carbocycles. The summed E-state index contributed by atoms with van der Waals surface area (Å²) in [6.45, 7) is 4.50. The molecular formula is C43H77O11P. The number of aliphatic hydroxyl groups excluding tert-OH is 3. The highest BCUT2D eigenvalue weighted by atomic mass is 31.2. The zero-order chi connectivity index (χ0) is 40.8. The molecule has 320 valence electrons. The largest absolute Gasteiger partial charge is 0.472 e. The summed E-state index contributed by atoms with van der Waals surface area (Å²) in [5.41, 5.74) is 0. The average Bonchev–Trinajstić information content (AvgIpc) is 3.15. The van der Waals surface area contributed by atoms with E-state index in [-0.39, 0.29) is 19.4 Å². The molecule has 11 nitrogen and oxygen atoms in total. The smallest absolute Gasteiger partial charge is 0.462 e. The Morgan fingerprint density at radius 1 is 0.673 bits per heavy atom. The van der Waals surface area contributed by atoms with E-state index in [0.29, 0.717) is 32.1 Å². The van der Waals surface area contributed by atoms with Crippen LogP contribution in [0.3, 0.4) is 0 Å². The summed E-state index contributed by atoms with van der Waals surface area (Å²) in [6.07, 6.45) is 34.0. The summed E-state index contributed by atoms with van der Waals surface area (Å²) in [5.74, 6) is -0.238. The van der Waals surface area contributed by atoms with Gasteiger partial charge in [0.2, 0.25) is 0 Å². The Kier molecular flexibility index (Phi) is 36.0. The number of ether oxygens (including phenoxy) is 2. The highest BCUT2D eigenvalue weighted by molar-refractivity contribution is 7.47. The molecule has 4 atom stereocenters. The lowest BCUT2D eigenvalue weighted by Gasteiger charge is -2.20. The SMILES string of the molecule is CCCCC/C=C\C[C@H](O)/C=C/C=C\C/C=C\CCCC(=O)O[C@H](COC(=O)CCCCCCCCCCCCCC(C)C)COP(=O)(O)OC[C@@H](O)CO. The number of hydrogen-bond donors (Lipinski definition) is 4. The van der Waals surface area contributed by atoms with Crippen LogP contribution in [0.1, 0.15) is 162 Å². The van der Waals surface area contributed by atoms with Crippen LogP contribution < -0.4 is 0 Å². The van der Waals surface area contributed by atoms with Gasteiger partial charge in [-0.2, -0.15) is 0 Å². The van der Waals surface area contributed by atoms with Gasteiger partial charge in [-0.15, -0.1) is 0 Å². The fraction of sp³-hybridized carbons (Fsp3) is 0.767. The van der Waals surface area contributed by atoms with Crippen molar-refractivity contribution >= 4 is 19.8 Å². The van der Waals surface area contributed by atoms with Gasteiger partial charge in [0, 0.05) is 12.8 Å². The molecule has 0 bridgehead atoms. The summed E-state index contributed by atoms with van der Waals surface area (Å²) in [7, 11) is -4.65. The third-order valence-electron chi connectivity index (χ3n) is 8.74. The fourth-order valence-electron chi connectivity index (χ4n) is 5.43. The van der Waals surface area contributed by atoms with Crippen molar-refractivity contribution in [3.8, 4) is 0 Å². The number of carbonyl (C=O) groups is 2. The minimum Gasteiger partial charge on any atom is -0.462 e.